The summed E-state index contributed by atoms with van der Waals surface area (Å²) < 4.78 is 26.5. The number of rotatable bonds is 2. The second kappa shape index (κ2) is 4.47. The maximum Gasteiger partial charge on any atom is 0.130 e. The van der Waals surface area contributed by atoms with Gasteiger partial charge in [0.25, 0.3) is 0 Å². The molecule has 2 nitrogen and oxygen atoms in total. The molecule has 88 valence electrons. The second-order valence-electron chi connectivity index (χ2n) is 4.38. The summed E-state index contributed by atoms with van der Waals surface area (Å²) in [4.78, 5) is 2.08. The molecule has 1 aliphatic rings. The highest BCUT2D eigenvalue weighted by Gasteiger charge is 2.33. The highest BCUT2D eigenvalue weighted by atomic mass is 19.1. The van der Waals surface area contributed by atoms with Gasteiger partial charge >= 0.3 is 0 Å². The molecule has 0 aliphatic carbocycles. The van der Waals surface area contributed by atoms with Crippen molar-refractivity contribution >= 4 is 0 Å². The van der Waals surface area contributed by atoms with E-state index in [4.69, 9.17) is 5.73 Å². The zero-order valence-electron chi connectivity index (χ0n) is 9.29. The summed E-state index contributed by atoms with van der Waals surface area (Å²) in [5.74, 6) is -0.756. The summed E-state index contributed by atoms with van der Waals surface area (Å²) in [6, 6.07) is 3.75. The van der Waals surface area contributed by atoms with Gasteiger partial charge in [-0.3, -0.25) is 4.90 Å². The lowest BCUT2D eigenvalue weighted by Crippen LogP contribution is -2.26. The first-order valence-electron chi connectivity index (χ1n) is 5.48. The molecule has 0 radical (unpaired) electrons. The number of hydrogen-bond donors (Lipinski definition) is 1. The first kappa shape index (κ1) is 11.5. The van der Waals surface area contributed by atoms with Gasteiger partial charge in [0.1, 0.15) is 11.6 Å². The third-order valence-corrected chi connectivity index (χ3v) is 3.36. The van der Waals surface area contributed by atoms with Crippen LogP contribution in [-0.4, -0.2) is 25.0 Å². The SMILES string of the molecule is CN1CCC(CN)C1c1ccc(F)cc1F. The average molecular weight is 226 g/mol. The van der Waals surface area contributed by atoms with Crippen molar-refractivity contribution in [2.75, 3.05) is 20.1 Å². The van der Waals surface area contributed by atoms with Crippen LogP contribution < -0.4 is 5.73 Å². The largest absolute Gasteiger partial charge is 0.330 e. The van der Waals surface area contributed by atoms with Crippen LogP contribution in [-0.2, 0) is 0 Å². The van der Waals surface area contributed by atoms with Gasteiger partial charge in [0.2, 0.25) is 0 Å². The Bertz CT molecular complexity index is 381. The smallest absolute Gasteiger partial charge is 0.130 e. The van der Waals surface area contributed by atoms with E-state index in [9.17, 15) is 8.78 Å². The Morgan fingerprint density at radius 1 is 1.44 bits per heavy atom. The molecule has 2 atom stereocenters. The fourth-order valence-corrected chi connectivity index (χ4v) is 2.51. The summed E-state index contributed by atoms with van der Waals surface area (Å²) in [6.07, 6.45) is 0.967. The fraction of sp³-hybridized carbons (Fsp3) is 0.500. The zero-order chi connectivity index (χ0) is 11.7. The molecule has 2 unspecified atom stereocenters. The number of likely N-dealkylation sites (tertiary alicyclic amines) is 1. The van der Waals surface area contributed by atoms with Crippen LogP contribution >= 0.6 is 0 Å². The second-order valence-corrected chi connectivity index (χ2v) is 4.38. The van der Waals surface area contributed by atoms with Crippen molar-refractivity contribution in [3.8, 4) is 0 Å². The monoisotopic (exact) mass is 226 g/mol. The minimum atomic E-state index is -0.536. The van der Waals surface area contributed by atoms with Crippen LogP contribution in [0.2, 0.25) is 0 Å². The van der Waals surface area contributed by atoms with Gasteiger partial charge in [-0.05, 0) is 38.5 Å². The highest BCUT2D eigenvalue weighted by molar-refractivity contribution is 5.24. The quantitative estimate of drug-likeness (QED) is 0.834. The Hall–Kier alpha value is -1.00. The van der Waals surface area contributed by atoms with Crippen LogP contribution in [0.15, 0.2) is 18.2 Å². The molecule has 2 N–H and O–H groups in total. The van der Waals surface area contributed by atoms with E-state index >= 15 is 0 Å². The molecule has 0 aromatic heterocycles. The number of nitrogens with zero attached hydrogens (tertiary/aromatic N) is 1. The van der Waals surface area contributed by atoms with Gasteiger partial charge in [-0.1, -0.05) is 6.07 Å². The lowest BCUT2D eigenvalue weighted by atomic mass is 9.93. The van der Waals surface area contributed by atoms with Gasteiger partial charge in [0, 0.05) is 17.7 Å². The van der Waals surface area contributed by atoms with E-state index in [1.54, 1.807) is 0 Å². The van der Waals surface area contributed by atoms with Crippen LogP contribution in [0.4, 0.5) is 8.78 Å². The van der Waals surface area contributed by atoms with Gasteiger partial charge in [0.05, 0.1) is 0 Å². The van der Waals surface area contributed by atoms with Crippen molar-refractivity contribution in [3.63, 3.8) is 0 Å². The third-order valence-electron chi connectivity index (χ3n) is 3.36. The van der Waals surface area contributed by atoms with Gasteiger partial charge in [-0.15, -0.1) is 0 Å². The molecule has 0 saturated carbocycles. The lowest BCUT2D eigenvalue weighted by molar-refractivity contribution is 0.272. The summed E-state index contributed by atoms with van der Waals surface area (Å²) in [5, 5.41) is 0. The van der Waals surface area contributed by atoms with E-state index in [1.807, 2.05) is 7.05 Å². The van der Waals surface area contributed by atoms with Gasteiger partial charge < -0.3 is 5.73 Å². The molecule has 4 heteroatoms. The van der Waals surface area contributed by atoms with Crippen LogP contribution in [0.25, 0.3) is 0 Å². The maximum absolute atomic E-state index is 13.7. The van der Waals surface area contributed by atoms with Gasteiger partial charge in [-0.25, -0.2) is 8.78 Å². The van der Waals surface area contributed by atoms with Gasteiger partial charge in [-0.2, -0.15) is 0 Å². The van der Waals surface area contributed by atoms with E-state index in [-0.39, 0.29) is 12.0 Å². The summed E-state index contributed by atoms with van der Waals surface area (Å²) in [5.41, 5.74) is 6.23. The molecule has 0 amide bonds. The highest BCUT2D eigenvalue weighted by Crippen LogP contribution is 2.36. The van der Waals surface area contributed by atoms with E-state index in [0.29, 0.717) is 12.1 Å². The molecule has 1 aromatic rings. The summed E-state index contributed by atoms with van der Waals surface area (Å²) in [7, 11) is 1.95. The predicted molar refractivity (Wildman–Crippen MR) is 58.9 cm³/mol. The Kier molecular flexibility index (Phi) is 3.21. The van der Waals surface area contributed by atoms with Crippen LogP contribution in [0, 0.1) is 17.6 Å². The third kappa shape index (κ3) is 1.95. The van der Waals surface area contributed by atoms with Crippen molar-refractivity contribution in [3.05, 3.63) is 35.4 Å². The van der Waals surface area contributed by atoms with E-state index in [0.717, 1.165) is 19.0 Å². The molecular weight excluding hydrogens is 210 g/mol. The average Bonchev–Trinajstić information content (AvgIpc) is 2.60. The van der Waals surface area contributed by atoms with Crippen molar-refractivity contribution in [1.82, 2.24) is 4.90 Å². The Morgan fingerprint density at radius 2 is 2.19 bits per heavy atom. The summed E-state index contributed by atoms with van der Waals surface area (Å²) in [6.45, 7) is 1.44. The minimum absolute atomic E-state index is 0.0226. The summed E-state index contributed by atoms with van der Waals surface area (Å²) >= 11 is 0. The standard InChI is InChI=1S/C12H16F2N2/c1-16-5-4-8(7-15)12(16)10-3-2-9(13)6-11(10)14/h2-3,6,8,12H,4-5,7,15H2,1H3. The predicted octanol–water partition coefficient (Wildman–Crippen LogP) is 1.92. The van der Waals surface area contributed by atoms with E-state index < -0.39 is 11.6 Å². The molecule has 2 rings (SSSR count). The van der Waals surface area contributed by atoms with Crippen molar-refractivity contribution in [1.29, 1.82) is 0 Å². The Labute approximate surface area is 94.0 Å². The topological polar surface area (TPSA) is 29.3 Å². The normalized spacial score (nSPS) is 26.2. The van der Waals surface area contributed by atoms with E-state index in [2.05, 4.69) is 4.90 Å². The van der Waals surface area contributed by atoms with E-state index in [1.165, 1.54) is 12.1 Å². The van der Waals surface area contributed by atoms with Crippen LogP contribution in [0.5, 0.6) is 0 Å². The van der Waals surface area contributed by atoms with Crippen LogP contribution in [0.1, 0.15) is 18.0 Å². The Balaban J connectivity index is 2.34. The molecule has 1 aromatic carbocycles. The lowest BCUT2D eigenvalue weighted by Gasteiger charge is -2.25. The first-order chi connectivity index (χ1) is 7.63. The number of halogens is 2. The molecule has 16 heavy (non-hydrogen) atoms. The van der Waals surface area contributed by atoms with Crippen LogP contribution in [0.3, 0.4) is 0 Å². The molecule has 1 aliphatic heterocycles. The van der Waals surface area contributed by atoms with Crippen molar-refractivity contribution in [2.24, 2.45) is 11.7 Å². The number of hydrogen-bond acceptors (Lipinski definition) is 2. The fourth-order valence-electron chi connectivity index (χ4n) is 2.51. The molecule has 0 spiro atoms. The molecular formula is C12H16F2N2. The van der Waals surface area contributed by atoms with Crippen molar-refractivity contribution in [2.45, 2.75) is 12.5 Å². The Morgan fingerprint density at radius 3 is 2.81 bits per heavy atom. The first-order valence-corrected chi connectivity index (χ1v) is 5.48. The number of benzene rings is 1. The number of nitrogens with two attached hydrogens (primary N) is 1. The molecule has 0 bridgehead atoms. The maximum atomic E-state index is 13.7. The zero-order valence-corrected chi connectivity index (χ0v) is 9.29. The molecule has 1 fully saturated rings. The molecule has 1 saturated heterocycles. The minimum Gasteiger partial charge on any atom is -0.330 e. The van der Waals surface area contributed by atoms with Gasteiger partial charge in [0.15, 0.2) is 0 Å². The van der Waals surface area contributed by atoms with Crippen molar-refractivity contribution < 1.29 is 8.78 Å². The molecule has 1 heterocycles.